The van der Waals surface area contributed by atoms with Crippen LogP contribution >= 0.6 is 11.8 Å². The van der Waals surface area contributed by atoms with Gasteiger partial charge in [-0.15, -0.1) is 11.8 Å². The Kier molecular flexibility index (Phi) is 2.92. The Bertz CT molecular complexity index is 691. The van der Waals surface area contributed by atoms with Gasteiger partial charge in [0.15, 0.2) is 0 Å². The van der Waals surface area contributed by atoms with E-state index in [1.165, 1.54) is 0 Å². The predicted molar refractivity (Wildman–Crippen MR) is 69.2 cm³/mol. The maximum Gasteiger partial charge on any atom is 0.284 e. The van der Waals surface area contributed by atoms with Crippen LogP contribution in [0.1, 0.15) is 0 Å². The molecule has 7 nitrogen and oxygen atoms in total. The summed E-state index contributed by atoms with van der Waals surface area (Å²) in [6.45, 7) is 0. The zero-order valence-electron chi connectivity index (χ0n) is 9.90. The first-order valence-corrected chi connectivity index (χ1v) is 6.57. The molecule has 0 saturated heterocycles. The molecule has 0 spiro atoms. The highest BCUT2D eigenvalue weighted by molar-refractivity contribution is 7.98. The molecule has 0 atom stereocenters. The molecule has 0 saturated carbocycles. The largest absolute Gasteiger partial charge is 0.379 e. The SMILES string of the molecule is CSc1ccc(-c2noc(-c3nonc3N)n2)cc1. The third-order valence-electron chi connectivity index (χ3n) is 2.49. The summed E-state index contributed by atoms with van der Waals surface area (Å²) in [5, 5.41) is 10.9. The molecule has 0 amide bonds. The van der Waals surface area contributed by atoms with Crippen LogP contribution in [0.3, 0.4) is 0 Å². The lowest BCUT2D eigenvalue weighted by Crippen LogP contribution is -1.88. The van der Waals surface area contributed by atoms with Gasteiger partial charge >= 0.3 is 0 Å². The summed E-state index contributed by atoms with van der Waals surface area (Å²) < 4.78 is 9.58. The van der Waals surface area contributed by atoms with Crippen LogP contribution in [-0.4, -0.2) is 26.7 Å². The van der Waals surface area contributed by atoms with Crippen molar-refractivity contribution in [3.63, 3.8) is 0 Å². The topological polar surface area (TPSA) is 104 Å². The Morgan fingerprint density at radius 3 is 2.53 bits per heavy atom. The van der Waals surface area contributed by atoms with Crippen LogP contribution in [0.4, 0.5) is 5.82 Å². The number of nitrogen functional groups attached to an aromatic ring is 1. The maximum absolute atomic E-state index is 5.56. The van der Waals surface area contributed by atoms with Crippen molar-refractivity contribution in [2.24, 2.45) is 0 Å². The number of hydrogen-bond acceptors (Lipinski definition) is 8. The number of thioether (sulfide) groups is 1. The van der Waals surface area contributed by atoms with Gasteiger partial charge in [0.2, 0.25) is 17.3 Å². The number of nitrogens with two attached hydrogens (primary N) is 1. The van der Waals surface area contributed by atoms with E-state index in [1.54, 1.807) is 11.8 Å². The van der Waals surface area contributed by atoms with Gasteiger partial charge in [0.05, 0.1) is 0 Å². The highest BCUT2D eigenvalue weighted by Crippen LogP contribution is 2.25. The van der Waals surface area contributed by atoms with E-state index in [2.05, 4.69) is 25.1 Å². The summed E-state index contributed by atoms with van der Waals surface area (Å²) in [6.07, 6.45) is 2.02. The molecule has 1 aromatic carbocycles. The average molecular weight is 275 g/mol. The van der Waals surface area contributed by atoms with Crippen LogP contribution < -0.4 is 5.73 Å². The second-order valence-electron chi connectivity index (χ2n) is 3.65. The molecule has 0 bridgehead atoms. The van der Waals surface area contributed by atoms with Gasteiger partial charge in [0.1, 0.15) is 0 Å². The molecule has 3 rings (SSSR count). The minimum absolute atomic E-state index is 0.118. The Morgan fingerprint density at radius 1 is 1.11 bits per heavy atom. The standard InChI is InChI=1S/C11H9N5O2S/c1-19-7-4-2-6(3-5-7)10-13-11(17-16-10)8-9(12)15-18-14-8/h2-5H,1H3,(H2,12,15). The number of nitrogens with zero attached hydrogens (tertiary/aromatic N) is 4. The molecule has 96 valence electrons. The van der Waals surface area contributed by atoms with E-state index in [-0.39, 0.29) is 17.4 Å². The lowest BCUT2D eigenvalue weighted by atomic mass is 10.2. The Balaban J connectivity index is 1.94. The molecule has 2 N–H and O–H groups in total. The Labute approximate surface area is 112 Å². The van der Waals surface area contributed by atoms with Crippen LogP contribution in [0.2, 0.25) is 0 Å². The maximum atomic E-state index is 5.56. The van der Waals surface area contributed by atoms with Crippen molar-refractivity contribution in [1.29, 1.82) is 0 Å². The van der Waals surface area contributed by atoms with E-state index in [0.29, 0.717) is 5.82 Å². The van der Waals surface area contributed by atoms with E-state index in [0.717, 1.165) is 10.5 Å². The van der Waals surface area contributed by atoms with Gasteiger partial charge < -0.3 is 10.3 Å². The first kappa shape index (κ1) is 11.7. The molecule has 0 aliphatic rings. The lowest BCUT2D eigenvalue weighted by Gasteiger charge is -1.96. The second kappa shape index (κ2) is 4.73. The van der Waals surface area contributed by atoms with Crippen LogP contribution in [0.15, 0.2) is 38.3 Å². The number of rotatable bonds is 3. The first-order valence-electron chi connectivity index (χ1n) is 5.34. The molecule has 2 heterocycles. The molecule has 0 unspecified atom stereocenters. The van der Waals surface area contributed by atoms with E-state index in [4.69, 9.17) is 10.3 Å². The normalized spacial score (nSPS) is 10.8. The fourth-order valence-corrected chi connectivity index (χ4v) is 1.93. The highest BCUT2D eigenvalue weighted by atomic mass is 32.2. The fraction of sp³-hybridized carbons (Fsp3) is 0.0909. The summed E-state index contributed by atoms with van der Waals surface area (Å²) in [6, 6.07) is 7.82. The number of hydrogen-bond donors (Lipinski definition) is 1. The van der Waals surface area contributed by atoms with Crippen molar-refractivity contribution in [3.05, 3.63) is 24.3 Å². The highest BCUT2D eigenvalue weighted by Gasteiger charge is 2.17. The van der Waals surface area contributed by atoms with Crippen molar-refractivity contribution in [2.75, 3.05) is 12.0 Å². The first-order chi connectivity index (χ1) is 9.28. The summed E-state index contributed by atoms with van der Waals surface area (Å²) in [5.41, 5.74) is 6.66. The number of anilines is 1. The zero-order chi connectivity index (χ0) is 13.2. The van der Waals surface area contributed by atoms with E-state index < -0.39 is 0 Å². The summed E-state index contributed by atoms with van der Waals surface area (Å²) in [5.74, 6) is 0.765. The summed E-state index contributed by atoms with van der Waals surface area (Å²) in [7, 11) is 0. The Hall–Kier alpha value is -2.35. The van der Waals surface area contributed by atoms with Gasteiger partial charge in [-0.05, 0) is 40.8 Å². The van der Waals surface area contributed by atoms with E-state index in [9.17, 15) is 0 Å². The van der Waals surface area contributed by atoms with Crippen LogP contribution in [0.25, 0.3) is 23.0 Å². The smallest absolute Gasteiger partial charge is 0.284 e. The van der Waals surface area contributed by atoms with E-state index in [1.807, 2.05) is 30.5 Å². The van der Waals surface area contributed by atoms with Crippen molar-refractivity contribution in [1.82, 2.24) is 20.5 Å². The molecule has 2 aromatic heterocycles. The van der Waals surface area contributed by atoms with Gasteiger partial charge in [0.25, 0.3) is 5.89 Å². The van der Waals surface area contributed by atoms with Gasteiger partial charge in [-0.1, -0.05) is 5.16 Å². The number of benzene rings is 1. The van der Waals surface area contributed by atoms with E-state index >= 15 is 0 Å². The van der Waals surface area contributed by atoms with Crippen LogP contribution in [0.5, 0.6) is 0 Å². The third-order valence-corrected chi connectivity index (χ3v) is 3.23. The average Bonchev–Trinajstić information content (AvgIpc) is 3.07. The molecular formula is C11H9N5O2S. The van der Waals surface area contributed by atoms with Crippen molar-refractivity contribution < 1.29 is 9.15 Å². The van der Waals surface area contributed by atoms with Crippen LogP contribution in [0, 0.1) is 0 Å². The molecule has 8 heteroatoms. The van der Waals surface area contributed by atoms with Crippen LogP contribution in [-0.2, 0) is 0 Å². The van der Waals surface area contributed by atoms with Crippen molar-refractivity contribution in [3.8, 4) is 23.0 Å². The van der Waals surface area contributed by atoms with Gasteiger partial charge in [-0.3, -0.25) is 0 Å². The van der Waals surface area contributed by atoms with Crippen molar-refractivity contribution in [2.45, 2.75) is 4.90 Å². The molecule has 19 heavy (non-hydrogen) atoms. The zero-order valence-corrected chi connectivity index (χ0v) is 10.7. The van der Waals surface area contributed by atoms with Gasteiger partial charge in [-0.25, -0.2) is 4.63 Å². The second-order valence-corrected chi connectivity index (χ2v) is 4.53. The third kappa shape index (κ3) is 2.17. The lowest BCUT2D eigenvalue weighted by molar-refractivity contribution is 0.308. The number of aromatic nitrogens is 4. The Morgan fingerprint density at radius 2 is 1.89 bits per heavy atom. The van der Waals surface area contributed by atoms with Gasteiger partial charge in [-0.2, -0.15) is 4.98 Å². The quantitative estimate of drug-likeness (QED) is 0.724. The molecule has 0 aliphatic heterocycles. The molecule has 3 aromatic rings. The minimum atomic E-state index is 0.118. The monoisotopic (exact) mass is 275 g/mol. The van der Waals surface area contributed by atoms with Crippen molar-refractivity contribution >= 4 is 17.6 Å². The predicted octanol–water partition coefficient (Wildman–Crippen LogP) is 2.09. The molecular weight excluding hydrogens is 266 g/mol. The molecule has 0 fully saturated rings. The molecule has 0 radical (unpaired) electrons. The minimum Gasteiger partial charge on any atom is -0.379 e. The summed E-state index contributed by atoms with van der Waals surface area (Å²) >= 11 is 1.67. The fourth-order valence-electron chi connectivity index (χ4n) is 1.52. The van der Waals surface area contributed by atoms with Gasteiger partial charge in [0, 0.05) is 10.5 Å². The summed E-state index contributed by atoms with van der Waals surface area (Å²) in [4.78, 5) is 5.38. The molecule has 0 aliphatic carbocycles.